The number of guanidine groups is 1. The number of nitrogens with two attached hydrogens (primary N) is 1. The third-order valence-electron chi connectivity index (χ3n) is 4.40. The Morgan fingerprint density at radius 3 is 2.44 bits per heavy atom. The maximum Gasteiger partial charge on any atom is 0.225 e. The minimum Gasteiger partial charge on any atom is -0.378 e. The zero-order chi connectivity index (χ0) is 17.5. The Bertz CT molecular complexity index is 581. The summed E-state index contributed by atoms with van der Waals surface area (Å²) in [6, 6.07) is 1.80. The lowest BCUT2D eigenvalue weighted by Gasteiger charge is -2.34. The van der Waals surface area contributed by atoms with Crippen LogP contribution in [-0.2, 0) is 9.53 Å². The van der Waals surface area contributed by atoms with Crippen LogP contribution in [0.25, 0.3) is 0 Å². The highest BCUT2D eigenvalue weighted by Crippen LogP contribution is 2.10. The number of hydrogen-bond donors (Lipinski definition) is 1. The second-order valence-electron chi connectivity index (χ2n) is 6.01. The Balaban J connectivity index is 1.40. The van der Waals surface area contributed by atoms with E-state index < -0.39 is 0 Å². The van der Waals surface area contributed by atoms with E-state index in [0.29, 0.717) is 45.2 Å². The number of aliphatic imine (C=N–C) groups is 1. The molecule has 1 aromatic heterocycles. The van der Waals surface area contributed by atoms with Crippen molar-refractivity contribution in [2.75, 3.05) is 63.9 Å². The topological polar surface area (TPSA) is 100 Å². The fourth-order valence-corrected chi connectivity index (χ4v) is 2.93. The van der Waals surface area contributed by atoms with E-state index in [1.807, 2.05) is 9.80 Å². The number of carbonyl (C=O) groups excluding carboxylic acids is 1. The molecule has 2 saturated heterocycles. The van der Waals surface area contributed by atoms with Crippen LogP contribution in [-0.4, -0.2) is 90.7 Å². The molecule has 0 unspecified atom stereocenters. The fraction of sp³-hybridized carbons (Fsp3) is 0.625. The van der Waals surface area contributed by atoms with Crippen LogP contribution in [0.15, 0.2) is 23.5 Å². The molecule has 2 N–H and O–H groups in total. The molecule has 0 aliphatic carbocycles. The summed E-state index contributed by atoms with van der Waals surface area (Å²) >= 11 is 0. The number of piperazine rings is 1. The van der Waals surface area contributed by atoms with Crippen LogP contribution < -0.4 is 10.6 Å². The van der Waals surface area contributed by atoms with Crippen molar-refractivity contribution in [1.82, 2.24) is 19.8 Å². The first-order chi connectivity index (χ1) is 12.2. The molecular formula is C16H25N7O2. The Hall–Kier alpha value is -2.42. The van der Waals surface area contributed by atoms with Crippen molar-refractivity contribution in [3.8, 4) is 0 Å². The zero-order valence-electron chi connectivity index (χ0n) is 14.4. The highest BCUT2D eigenvalue weighted by Gasteiger charge is 2.22. The lowest BCUT2D eigenvalue weighted by Crippen LogP contribution is -2.49. The largest absolute Gasteiger partial charge is 0.378 e. The van der Waals surface area contributed by atoms with E-state index in [2.05, 4.69) is 19.9 Å². The van der Waals surface area contributed by atoms with Crippen LogP contribution in [0.1, 0.15) is 6.42 Å². The van der Waals surface area contributed by atoms with Crippen molar-refractivity contribution in [2.45, 2.75) is 6.42 Å². The van der Waals surface area contributed by atoms with Crippen molar-refractivity contribution >= 4 is 17.8 Å². The van der Waals surface area contributed by atoms with E-state index in [0.717, 1.165) is 32.1 Å². The van der Waals surface area contributed by atoms with Crippen LogP contribution in [0.5, 0.6) is 0 Å². The van der Waals surface area contributed by atoms with Gasteiger partial charge in [-0.05, 0) is 6.07 Å². The van der Waals surface area contributed by atoms with E-state index in [1.54, 1.807) is 18.5 Å². The monoisotopic (exact) mass is 347 g/mol. The SMILES string of the molecule is NC(=NCCC(=O)N1CCN(c2ncccn2)CC1)N1CCOCC1. The molecular weight excluding hydrogens is 322 g/mol. The van der Waals surface area contributed by atoms with E-state index >= 15 is 0 Å². The van der Waals surface area contributed by atoms with Gasteiger partial charge in [0.05, 0.1) is 19.8 Å². The standard InChI is InChI=1S/C16H25N7O2/c17-15(22-10-12-25-13-11-22)18-5-2-14(24)21-6-8-23(9-7-21)16-19-3-1-4-20-16/h1,3-4H,2,5-13H2,(H2,17,18). The van der Waals surface area contributed by atoms with Gasteiger partial charge in [0, 0.05) is 58.1 Å². The fourth-order valence-electron chi connectivity index (χ4n) is 2.93. The first-order valence-electron chi connectivity index (χ1n) is 8.66. The number of morpholine rings is 1. The van der Waals surface area contributed by atoms with Crippen LogP contribution in [0, 0.1) is 0 Å². The second kappa shape index (κ2) is 8.61. The third-order valence-corrected chi connectivity index (χ3v) is 4.40. The predicted octanol–water partition coefficient (Wildman–Crippen LogP) is -0.838. The Morgan fingerprint density at radius 2 is 1.76 bits per heavy atom. The van der Waals surface area contributed by atoms with Crippen LogP contribution >= 0.6 is 0 Å². The molecule has 0 saturated carbocycles. The summed E-state index contributed by atoms with van der Waals surface area (Å²) in [6.45, 7) is 6.13. The summed E-state index contributed by atoms with van der Waals surface area (Å²) in [4.78, 5) is 31.1. The predicted molar refractivity (Wildman–Crippen MR) is 94.3 cm³/mol. The molecule has 1 amide bonds. The number of rotatable bonds is 4. The minimum absolute atomic E-state index is 0.118. The second-order valence-corrected chi connectivity index (χ2v) is 6.01. The van der Waals surface area contributed by atoms with Crippen molar-refractivity contribution in [3.05, 3.63) is 18.5 Å². The molecule has 0 atom stereocenters. The van der Waals surface area contributed by atoms with E-state index in [9.17, 15) is 4.79 Å². The Morgan fingerprint density at radius 1 is 1.08 bits per heavy atom. The van der Waals surface area contributed by atoms with Gasteiger partial charge in [-0.3, -0.25) is 9.79 Å². The van der Waals surface area contributed by atoms with Gasteiger partial charge in [0.1, 0.15) is 0 Å². The number of nitrogens with zero attached hydrogens (tertiary/aromatic N) is 6. The number of ether oxygens (including phenoxy) is 1. The number of carbonyl (C=O) groups is 1. The molecule has 9 nitrogen and oxygen atoms in total. The highest BCUT2D eigenvalue weighted by atomic mass is 16.5. The lowest BCUT2D eigenvalue weighted by molar-refractivity contribution is -0.131. The summed E-state index contributed by atoms with van der Waals surface area (Å²) in [5, 5.41) is 0. The van der Waals surface area contributed by atoms with Crippen LogP contribution in [0.2, 0.25) is 0 Å². The quantitative estimate of drug-likeness (QED) is 0.560. The van der Waals surface area contributed by atoms with Gasteiger partial charge in [0.2, 0.25) is 11.9 Å². The molecule has 2 aliphatic heterocycles. The summed E-state index contributed by atoms with van der Waals surface area (Å²) in [5.74, 6) is 1.34. The number of hydrogen-bond acceptors (Lipinski definition) is 6. The molecule has 3 rings (SSSR count). The van der Waals surface area contributed by atoms with Crippen LogP contribution in [0.3, 0.4) is 0 Å². The number of anilines is 1. The van der Waals surface area contributed by atoms with E-state index in [4.69, 9.17) is 10.5 Å². The normalized spacial score (nSPS) is 19.2. The summed E-state index contributed by atoms with van der Waals surface area (Å²) < 4.78 is 5.29. The van der Waals surface area contributed by atoms with Crippen molar-refractivity contribution in [3.63, 3.8) is 0 Å². The van der Waals surface area contributed by atoms with Crippen molar-refractivity contribution in [1.29, 1.82) is 0 Å². The highest BCUT2D eigenvalue weighted by molar-refractivity contribution is 5.79. The van der Waals surface area contributed by atoms with E-state index in [1.165, 1.54) is 0 Å². The molecule has 1 aromatic rings. The number of amides is 1. The van der Waals surface area contributed by atoms with Gasteiger partial charge < -0.3 is 25.2 Å². The van der Waals surface area contributed by atoms with Crippen LogP contribution in [0.4, 0.5) is 5.95 Å². The van der Waals surface area contributed by atoms with Gasteiger partial charge in [-0.15, -0.1) is 0 Å². The summed E-state index contributed by atoms with van der Waals surface area (Å²) in [5.41, 5.74) is 5.97. The molecule has 2 fully saturated rings. The molecule has 0 bridgehead atoms. The maximum atomic E-state index is 12.3. The van der Waals surface area contributed by atoms with Gasteiger partial charge in [-0.2, -0.15) is 0 Å². The average molecular weight is 347 g/mol. The van der Waals surface area contributed by atoms with Gasteiger partial charge in [-0.1, -0.05) is 0 Å². The Labute approximate surface area is 147 Å². The molecule has 3 heterocycles. The molecule has 0 aromatic carbocycles. The van der Waals surface area contributed by atoms with Gasteiger partial charge in [0.25, 0.3) is 0 Å². The molecule has 0 spiro atoms. The summed E-state index contributed by atoms with van der Waals surface area (Å²) in [6.07, 6.45) is 3.85. The molecule has 2 aliphatic rings. The van der Waals surface area contributed by atoms with E-state index in [-0.39, 0.29) is 5.91 Å². The third kappa shape index (κ3) is 4.79. The first kappa shape index (κ1) is 17.4. The molecule has 9 heteroatoms. The van der Waals surface area contributed by atoms with Gasteiger partial charge in [-0.25, -0.2) is 9.97 Å². The first-order valence-corrected chi connectivity index (χ1v) is 8.66. The average Bonchev–Trinajstić information content (AvgIpc) is 2.69. The molecule has 25 heavy (non-hydrogen) atoms. The molecule has 0 radical (unpaired) electrons. The van der Waals surface area contributed by atoms with Crippen molar-refractivity contribution < 1.29 is 9.53 Å². The number of aromatic nitrogens is 2. The Kier molecular flexibility index (Phi) is 5.99. The van der Waals surface area contributed by atoms with Gasteiger partial charge >= 0.3 is 0 Å². The zero-order valence-corrected chi connectivity index (χ0v) is 14.4. The smallest absolute Gasteiger partial charge is 0.225 e. The van der Waals surface area contributed by atoms with Crippen molar-refractivity contribution in [2.24, 2.45) is 10.7 Å². The molecule has 136 valence electrons. The maximum absolute atomic E-state index is 12.3. The minimum atomic E-state index is 0.118. The summed E-state index contributed by atoms with van der Waals surface area (Å²) in [7, 11) is 0. The van der Waals surface area contributed by atoms with Gasteiger partial charge in [0.15, 0.2) is 5.96 Å². The lowest BCUT2D eigenvalue weighted by atomic mass is 10.3.